The number of aromatic nitrogens is 1. The van der Waals surface area contributed by atoms with Crippen LogP contribution in [0.1, 0.15) is 34.5 Å². The van der Waals surface area contributed by atoms with Crippen molar-refractivity contribution in [2.75, 3.05) is 0 Å². The van der Waals surface area contributed by atoms with Gasteiger partial charge in [-0.25, -0.2) is 10.3 Å². The molecule has 1 heterocycles. The van der Waals surface area contributed by atoms with Gasteiger partial charge in [0.05, 0.1) is 29.2 Å². The number of halogens is 3. The molecule has 4 atom stereocenters. The lowest BCUT2D eigenvalue weighted by Gasteiger charge is -2.36. The first-order valence-corrected chi connectivity index (χ1v) is 12.4. The fourth-order valence-corrected chi connectivity index (χ4v) is 4.64. The minimum Gasteiger partial charge on any atom is -0.489 e. The normalized spacial score (nSPS) is 20.8. The van der Waals surface area contributed by atoms with E-state index in [9.17, 15) is 37.8 Å². The SMILES string of the molecule is Cc1cc(COc2ccc(C(=O)N[C@@H]3CC(O)C(O)C[C@@H]3C(=O)NO)c(OC(=O)C(F)(F)F)c2)c2ccccc2n1. The first-order chi connectivity index (χ1) is 19.4. The molecular weight excluding hydrogens is 551 g/mol. The number of hydroxylamine groups is 1. The summed E-state index contributed by atoms with van der Waals surface area (Å²) in [5.41, 5.74) is 3.08. The maximum absolute atomic E-state index is 13.1. The van der Waals surface area contributed by atoms with Crippen LogP contribution < -0.4 is 20.3 Å². The Morgan fingerprint density at radius 1 is 1.05 bits per heavy atom. The van der Waals surface area contributed by atoms with E-state index in [0.717, 1.165) is 23.1 Å². The van der Waals surface area contributed by atoms with Crippen LogP contribution in [0.15, 0.2) is 48.5 Å². The van der Waals surface area contributed by atoms with Crippen LogP contribution in [0.25, 0.3) is 10.9 Å². The van der Waals surface area contributed by atoms with Crippen molar-refractivity contribution < 1.29 is 52.4 Å². The predicted octanol–water partition coefficient (Wildman–Crippen LogP) is 2.33. The summed E-state index contributed by atoms with van der Waals surface area (Å²) in [7, 11) is 0. The van der Waals surface area contributed by atoms with Gasteiger partial charge in [-0.1, -0.05) is 18.2 Å². The van der Waals surface area contributed by atoms with Crippen molar-refractivity contribution in [2.45, 2.75) is 50.8 Å². The molecule has 1 fully saturated rings. The maximum atomic E-state index is 13.1. The molecule has 5 N–H and O–H groups in total. The number of aryl methyl sites for hydroxylation is 1. The van der Waals surface area contributed by atoms with Gasteiger partial charge in [0, 0.05) is 28.8 Å². The van der Waals surface area contributed by atoms with E-state index in [1.165, 1.54) is 11.5 Å². The van der Waals surface area contributed by atoms with Crippen LogP contribution >= 0.6 is 0 Å². The summed E-state index contributed by atoms with van der Waals surface area (Å²) >= 11 is 0. The van der Waals surface area contributed by atoms with Crippen molar-refractivity contribution in [1.29, 1.82) is 0 Å². The third kappa shape index (κ3) is 6.90. The van der Waals surface area contributed by atoms with Gasteiger partial charge in [0.2, 0.25) is 5.91 Å². The van der Waals surface area contributed by atoms with Crippen LogP contribution in [-0.4, -0.2) is 62.6 Å². The molecule has 2 aromatic carbocycles. The Morgan fingerprint density at radius 2 is 1.76 bits per heavy atom. The van der Waals surface area contributed by atoms with Gasteiger partial charge in [-0.3, -0.25) is 19.8 Å². The Morgan fingerprint density at radius 3 is 2.46 bits per heavy atom. The summed E-state index contributed by atoms with van der Waals surface area (Å²) in [6.45, 7) is 1.76. The van der Waals surface area contributed by atoms with E-state index in [4.69, 9.17) is 9.94 Å². The fraction of sp³-hybridized carbons (Fsp3) is 0.333. The summed E-state index contributed by atoms with van der Waals surface area (Å²) in [5, 5.41) is 32.2. The third-order valence-corrected chi connectivity index (χ3v) is 6.64. The average Bonchev–Trinajstić information content (AvgIpc) is 2.92. The summed E-state index contributed by atoms with van der Waals surface area (Å²) in [5.74, 6) is -6.52. The van der Waals surface area contributed by atoms with E-state index < -0.39 is 59.4 Å². The number of nitrogens with one attached hydrogen (secondary N) is 2. The van der Waals surface area contributed by atoms with Gasteiger partial charge < -0.3 is 25.0 Å². The quantitative estimate of drug-likeness (QED) is 0.123. The summed E-state index contributed by atoms with van der Waals surface area (Å²) < 4.78 is 49.3. The Kier molecular flexibility index (Phi) is 8.75. The first kappa shape index (κ1) is 29.7. The highest BCUT2D eigenvalue weighted by Crippen LogP contribution is 2.31. The molecule has 1 aromatic heterocycles. The molecule has 1 aliphatic carbocycles. The molecule has 11 nitrogen and oxygen atoms in total. The zero-order valence-electron chi connectivity index (χ0n) is 21.5. The van der Waals surface area contributed by atoms with Crippen molar-refractivity contribution >= 4 is 28.7 Å². The number of para-hydroxylation sites is 1. The van der Waals surface area contributed by atoms with E-state index in [1.807, 2.05) is 24.3 Å². The largest absolute Gasteiger partial charge is 0.491 e. The lowest BCUT2D eigenvalue weighted by atomic mass is 9.80. The molecule has 0 aliphatic heterocycles. The summed E-state index contributed by atoms with van der Waals surface area (Å²) in [4.78, 5) is 41.3. The van der Waals surface area contributed by atoms with Crippen molar-refractivity contribution in [1.82, 2.24) is 15.8 Å². The van der Waals surface area contributed by atoms with Crippen LogP contribution in [0.3, 0.4) is 0 Å². The average molecular weight is 578 g/mol. The number of alkyl halides is 3. The molecule has 2 amide bonds. The third-order valence-electron chi connectivity index (χ3n) is 6.64. The summed E-state index contributed by atoms with van der Waals surface area (Å²) in [6.07, 6.45) is -8.62. The zero-order chi connectivity index (χ0) is 29.9. The van der Waals surface area contributed by atoms with Gasteiger partial charge >= 0.3 is 12.1 Å². The van der Waals surface area contributed by atoms with Gasteiger partial charge in [-0.05, 0) is 44.0 Å². The topological polar surface area (TPSA) is 167 Å². The van der Waals surface area contributed by atoms with Crippen LogP contribution in [0.2, 0.25) is 0 Å². The van der Waals surface area contributed by atoms with E-state index in [2.05, 4.69) is 15.0 Å². The number of carbonyl (C=O) groups is 3. The van der Waals surface area contributed by atoms with E-state index in [1.54, 1.807) is 13.0 Å². The molecule has 3 aromatic rings. The maximum Gasteiger partial charge on any atom is 0.491 e. The van der Waals surface area contributed by atoms with E-state index >= 15 is 0 Å². The van der Waals surface area contributed by atoms with Crippen molar-refractivity contribution in [3.05, 3.63) is 65.4 Å². The smallest absolute Gasteiger partial charge is 0.489 e. The molecule has 0 spiro atoms. The number of hydrogen-bond donors (Lipinski definition) is 5. The number of rotatable bonds is 7. The van der Waals surface area contributed by atoms with Crippen LogP contribution in [0.5, 0.6) is 11.5 Å². The molecule has 1 saturated carbocycles. The molecule has 4 rings (SSSR count). The minimum atomic E-state index is -5.37. The standard InChI is InChI=1S/C27H26F3N3O8/c1-13-8-14(16-4-2-3-5-19(16)31-13)12-40-15-6-7-17(23(9-15)41-26(38)27(28,29)30)24(36)32-20-11-22(35)21(34)10-18(20)25(37)33-39/h2-9,18,20-22,34-35,39H,10-12H2,1H3,(H,32,36)(H,33,37)/t18-,20+,21?,22?/m0/s1. The molecule has 0 radical (unpaired) electrons. The number of aliphatic hydroxyl groups excluding tert-OH is 2. The number of nitrogens with zero attached hydrogens (tertiary/aromatic N) is 1. The van der Waals surface area contributed by atoms with Crippen LogP contribution in [0.4, 0.5) is 13.2 Å². The lowest BCUT2D eigenvalue weighted by Crippen LogP contribution is -2.54. The second-order valence-corrected chi connectivity index (χ2v) is 9.54. The van der Waals surface area contributed by atoms with Crippen LogP contribution in [-0.2, 0) is 16.2 Å². The second-order valence-electron chi connectivity index (χ2n) is 9.54. The van der Waals surface area contributed by atoms with Crippen molar-refractivity contribution in [2.24, 2.45) is 5.92 Å². The highest BCUT2D eigenvalue weighted by atomic mass is 19.4. The summed E-state index contributed by atoms with van der Waals surface area (Å²) in [6, 6.07) is 11.2. The molecule has 2 unspecified atom stereocenters. The van der Waals surface area contributed by atoms with Gasteiger partial charge in [0.15, 0.2) is 0 Å². The van der Waals surface area contributed by atoms with Crippen molar-refractivity contribution in [3.63, 3.8) is 0 Å². The number of pyridine rings is 1. The van der Waals surface area contributed by atoms with Crippen molar-refractivity contribution in [3.8, 4) is 11.5 Å². The van der Waals surface area contributed by atoms with Gasteiger partial charge in [0.1, 0.15) is 18.1 Å². The number of aliphatic hydroxyl groups is 2. The Bertz CT molecular complexity index is 1470. The minimum absolute atomic E-state index is 0.0150. The molecule has 1 aliphatic rings. The number of hydrogen-bond acceptors (Lipinski definition) is 9. The number of benzene rings is 2. The highest BCUT2D eigenvalue weighted by molar-refractivity contribution is 5.98. The molecule has 14 heteroatoms. The van der Waals surface area contributed by atoms with Gasteiger partial charge in [0.25, 0.3) is 5.91 Å². The van der Waals surface area contributed by atoms with E-state index in [-0.39, 0.29) is 25.2 Å². The van der Waals surface area contributed by atoms with Gasteiger partial charge in [-0.2, -0.15) is 13.2 Å². The monoisotopic (exact) mass is 577 g/mol. The number of carbonyl (C=O) groups excluding carboxylic acids is 3. The van der Waals surface area contributed by atoms with E-state index in [0.29, 0.717) is 11.2 Å². The molecular formula is C27H26F3N3O8. The number of amides is 2. The lowest BCUT2D eigenvalue weighted by molar-refractivity contribution is -0.189. The Labute approximate surface area is 230 Å². The molecule has 0 saturated heterocycles. The first-order valence-electron chi connectivity index (χ1n) is 12.4. The highest BCUT2D eigenvalue weighted by Gasteiger charge is 2.43. The molecule has 218 valence electrons. The van der Waals surface area contributed by atoms with Crippen LogP contribution in [0, 0.1) is 12.8 Å². The predicted molar refractivity (Wildman–Crippen MR) is 135 cm³/mol. The number of ether oxygens (including phenoxy) is 2. The number of esters is 1. The second kappa shape index (κ2) is 12.1. The number of fused-ring (bicyclic) bond motifs is 1. The Balaban J connectivity index is 1.61. The fourth-order valence-electron chi connectivity index (χ4n) is 4.64. The molecule has 41 heavy (non-hydrogen) atoms. The Hall–Kier alpha value is -4.27. The van der Waals surface area contributed by atoms with Gasteiger partial charge in [-0.15, -0.1) is 0 Å². The zero-order valence-corrected chi connectivity index (χ0v) is 21.5. The molecule has 0 bridgehead atoms.